The molecule has 0 heterocycles. The minimum absolute atomic E-state index is 0.0725. The van der Waals surface area contributed by atoms with E-state index in [0.29, 0.717) is 19.3 Å². The fourth-order valence-corrected chi connectivity index (χ4v) is 10.1. The van der Waals surface area contributed by atoms with Crippen molar-refractivity contribution >= 4 is 17.9 Å². The molecule has 0 saturated heterocycles. The van der Waals surface area contributed by atoms with Crippen molar-refractivity contribution in [2.45, 2.75) is 374 Å². The standard InChI is InChI=1S/C69H128O6/c1-4-7-10-13-16-19-22-24-26-28-30-31-32-33-34-35-36-37-38-40-41-43-45-47-50-53-56-59-62-68(71)74-65-66(64-73-67(70)61-58-55-52-49-21-18-15-12-9-6-3)75-69(72)63-60-57-54-51-48-46-44-42-39-29-27-25-23-20-17-14-11-8-5-2/h12,15,17,20,25,27,66H,4-11,13-14,16,18-19,21-24,26,28-65H2,1-3H3/b15-12-,20-17-,27-25-. The van der Waals surface area contributed by atoms with Gasteiger partial charge in [0.2, 0.25) is 0 Å². The molecular formula is C69H128O6. The summed E-state index contributed by atoms with van der Waals surface area (Å²) in [5.41, 5.74) is 0. The number of carbonyl (C=O) groups excluding carboxylic acids is 3. The highest BCUT2D eigenvalue weighted by atomic mass is 16.6. The molecule has 0 aliphatic rings. The summed E-state index contributed by atoms with van der Waals surface area (Å²) in [6.07, 6.45) is 79.0. The first-order valence-corrected chi connectivity index (χ1v) is 33.5. The first-order chi connectivity index (χ1) is 37.0. The Bertz CT molecular complexity index is 1250. The van der Waals surface area contributed by atoms with E-state index in [1.54, 1.807) is 0 Å². The molecule has 0 N–H and O–H groups in total. The Balaban J connectivity index is 4.13. The van der Waals surface area contributed by atoms with Crippen molar-refractivity contribution in [2.24, 2.45) is 0 Å². The van der Waals surface area contributed by atoms with E-state index in [1.165, 1.54) is 250 Å². The number of hydrogen-bond acceptors (Lipinski definition) is 6. The molecule has 6 heteroatoms. The van der Waals surface area contributed by atoms with Crippen LogP contribution < -0.4 is 0 Å². The largest absolute Gasteiger partial charge is 0.462 e. The predicted molar refractivity (Wildman–Crippen MR) is 326 cm³/mol. The van der Waals surface area contributed by atoms with Crippen molar-refractivity contribution in [2.75, 3.05) is 13.2 Å². The van der Waals surface area contributed by atoms with Gasteiger partial charge in [0.1, 0.15) is 13.2 Å². The maximum Gasteiger partial charge on any atom is 0.306 e. The number of esters is 3. The third-order valence-electron chi connectivity index (χ3n) is 15.1. The van der Waals surface area contributed by atoms with Crippen molar-refractivity contribution in [3.63, 3.8) is 0 Å². The maximum atomic E-state index is 12.9. The summed E-state index contributed by atoms with van der Waals surface area (Å²) in [7, 11) is 0. The molecule has 0 aliphatic heterocycles. The van der Waals surface area contributed by atoms with Crippen LogP contribution in [0.3, 0.4) is 0 Å². The Morgan fingerprint density at radius 2 is 0.507 bits per heavy atom. The van der Waals surface area contributed by atoms with E-state index < -0.39 is 6.10 Å². The van der Waals surface area contributed by atoms with Crippen molar-refractivity contribution in [3.05, 3.63) is 36.5 Å². The summed E-state index contributed by atoms with van der Waals surface area (Å²) in [5, 5.41) is 0. The van der Waals surface area contributed by atoms with Crippen molar-refractivity contribution in [1.82, 2.24) is 0 Å². The first kappa shape index (κ1) is 72.6. The molecule has 0 aromatic rings. The van der Waals surface area contributed by atoms with Gasteiger partial charge in [0.05, 0.1) is 0 Å². The van der Waals surface area contributed by atoms with Crippen LogP contribution in [0.1, 0.15) is 367 Å². The molecule has 0 radical (unpaired) electrons. The summed E-state index contributed by atoms with van der Waals surface area (Å²) >= 11 is 0. The van der Waals surface area contributed by atoms with Crippen LogP contribution in [0.2, 0.25) is 0 Å². The summed E-state index contributed by atoms with van der Waals surface area (Å²) in [4.78, 5) is 38.2. The molecule has 0 spiro atoms. The van der Waals surface area contributed by atoms with Gasteiger partial charge < -0.3 is 14.2 Å². The lowest BCUT2D eigenvalue weighted by molar-refractivity contribution is -0.167. The Morgan fingerprint density at radius 1 is 0.267 bits per heavy atom. The number of ether oxygens (including phenoxy) is 3. The Labute approximate surface area is 467 Å². The SMILES string of the molecule is CCC/C=C\CCCCCCCC(=O)OCC(COC(=O)CCCCCCCCCCCCCCCCCCCCCCCCCCCCCC)OC(=O)CCCCCCCCCCC/C=C\C/C=C\CCCCC. The molecule has 0 bridgehead atoms. The molecule has 0 aliphatic carbocycles. The third kappa shape index (κ3) is 62.4. The molecule has 1 unspecified atom stereocenters. The normalized spacial score (nSPS) is 12.2. The molecule has 0 aromatic heterocycles. The van der Waals surface area contributed by atoms with E-state index in [-0.39, 0.29) is 31.1 Å². The van der Waals surface area contributed by atoms with E-state index in [4.69, 9.17) is 14.2 Å². The number of hydrogen-bond donors (Lipinski definition) is 0. The molecule has 6 nitrogen and oxygen atoms in total. The molecule has 0 saturated carbocycles. The zero-order chi connectivity index (χ0) is 54.3. The molecule has 1 atom stereocenters. The minimum atomic E-state index is -0.775. The number of unbranched alkanes of at least 4 members (excludes halogenated alkanes) is 45. The quantitative estimate of drug-likeness (QED) is 0.0261. The molecular weight excluding hydrogens is 925 g/mol. The number of allylic oxidation sites excluding steroid dienone is 6. The highest BCUT2D eigenvalue weighted by Gasteiger charge is 2.19. The second kappa shape index (κ2) is 64.2. The lowest BCUT2D eigenvalue weighted by Crippen LogP contribution is -2.30. The highest BCUT2D eigenvalue weighted by molar-refractivity contribution is 5.71. The summed E-state index contributed by atoms with van der Waals surface area (Å²) < 4.78 is 16.9. The van der Waals surface area contributed by atoms with Crippen molar-refractivity contribution < 1.29 is 28.6 Å². The minimum Gasteiger partial charge on any atom is -0.462 e. The van der Waals surface area contributed by atoms with E-state index in [0.717, 1.165) is 77.0 Å². The number of rotatable bonds is 62. The molecule has 0 aromatic carbocycles. The molecule has 0 rings (SSSR count). The lowest BCUT2D eigenvalue weighted by atomic mass is 10.0. The van der Waals surface area contributed by atoms with Crippen LogP contribution >= 0.6 is 0 Å². The van der Waals surface area contributed by atoms with Gasteiger partial charge in [0.25, 0.3) is 0 Å². The predicted octanol–water partition coefficient (Wildman–Crippen LogP) is 22.8. The van der Waals surface area contributed by atoms with Crippen LogP contribution in [-0.2, 0) is 28.6 Å². The van der Waals surface area contributed by atoms with Gasteiger partial charge in [-0.3, -0.25) is 14.4 Å². The summed E-state index contributed by atoms with van der Waals surface area (Å²) in [6.45, 7) is 6.60. The third-order valence-corrected chi connectivity index (χ3v) is 15.1. The first-order valence-electron chi connectivity index (χ1n) is 33.5. The van der Waals surface area contributed by atoms with Gasteiger partial charge in [-0.25, -0.2) is 0 Å². The van der Waals surface area contributed by atoms with Gasteiger partial charge in [-0.15, -0.1) is 0 Å². The van der Waals surface area contributed by atoms with Crippen molar-refractivity contribution in [1.29, 1.82) is 0 Å². The zero-order valence-corrected chi connectivity index (χ0v) is 50.6. The Kier molecular flexibility index (Phi) is 62.1. The van der Waals surface area contributed by atoms with Gasteiger partial charge in [-0.05, 0) is 70.6 Å². The highest BCUT2D eigenvalue weighted by Crippen LogP contribution is 2.18. The van der Waals surface area contributed by atoms with Crippen LogP contribution in [0.4, 0.5) is 0 Å². The van der Waals surface area contributed by atoms with Crippen LogP contribution in [-0.4, -0.2) is 37.2 Å². The fourth-order valence-electron chi connectivity index (χ4n) is 10.1. The van der Waals surface area contributed by atoms with Crippen LogP contribution in [0, 0.1) is 0 Å². The van der Waals surface area contributed by atoms with E-state index in [9.17, 15) is 14.4 Å². The molecule has 75 heavy (non-hydrogen) atoms. The van der Waals surface area contributed by atoms with Crippen LogP contribution in [0.15, 0.2) is 36.5 Å². The average molecular weight is 1050 g/mol. The van der Waals surface area contributed by atoms with Gasteiger partial charge in [-0.1, -0.05) is 314 Å². The van der Waals surface area contributed by atoms with Crippen molar-refractivity contribution in [3.8, 4) is 0 Å². The van der Waals surface area contributed by atoms with Crippen LogP contribution in [0.25, 0.3) is 0 Å². The van der Waals surface area contributed by atoms with E-state index in [2.05, 4.69) is 57.2 Å². The van der Waals surface area contributed by atoms with Gasteiger partial charge in [-0.2, -0.15) is 0 Å². The zero-order valence-electron chi connectivity index (χ0n) is 50.6. The van der Waals surface area contributed by atoms with Gasteiger partial charge >= 0.3 is 17.9 Å². The fraction of sp³-hybridized carbons (Fsp3) is 0.870. The topological polar surface area (TPSA) is 78.9 Å². The second-order valence-electron chi connectivity index (χ2n) is 22.7. The molecule has 0 amide bonds. The second-order valence-corrected chi connectivity index (χ2v) is 22.7. The average Bonchev–Trinajstić information content (AvgIpc) is 3.41. The Hall–Kier alpha value is -2.37. The summed E-state index contributed by atoms with van der Waals surface area (Å²) in [6, 6.07) is 0. The monoisotopic (exact) mass is 1050 g/mol. The van der Waals surface area contributed by atoms with E-state index >= 15 is 0 Å². The Morgan fingerprint density at radius 3 is 0.827 bits per heavy atom. The van der Waals surface area contributed by atoms with Crippen LogP contribution in [0.5, 0.6) is 0 Å². The van der Waals surface area contributed by atoms with Gasteiger partial charge in [0.15, 0.2) is 6.10 Å². The molecule has 0 fully saturated rings. The lowest BCUT2D eigenvalue weighted by Gasteiger charge is -2.18. The number of carbonyl (C=O) groups is 3. The maximum absolute atomic E-state index is 12.9. The molecule has 440 valence electrons. The van der Waals surface area contributed by atoms with E-state index in [1.807, 2.05) is 0 Å². The smallest absolute Gasteiger partial charge is 0.306 e. The van der Waals surface area contributed by atoms with Gasteiger partial charge in [0, 0.05) is 19.3 Å². The summed E-state index contributed by atoms with van der Waals surface area (Å²) in [5.74, 6) is -0.866.